The Hall–Kier alpha value is -2.23. The van der Waals surface area contributed by atoms with E-state index in [2.05, 4.69) is 4.99 Å². The Morgan fingerprint density at radius 2 is 1.77 bits per heavy atom. The Balaban J connectivity index is 1.90. The van der Waals surface area contributed by atoms with E-state index in [1.807, 2.05) is 61.5 Å². The van der Waals surface area contributed by atoms with E-state index >= 15 is 0 Å². The molecule has 0 amide bonds. The highest BCUT2D eigenvalue weighted by Gasteiger charge is 2.42. The van der Waals surface area contributed by atoms with Crippen molar-refractivity contribution >= 4 is 5.90 Å². The number of halogens is 2. The van der Waals surface area contributed by atoms with Gasteiger partial charge in [-0.05, 0) is 24.6 Å². The maximum Gasteiger partial charge on any atom is 0.242 e. The second-order valence-electron chi connectivity index (χ2n) is 5.54. The molecule has 4 heteroatoms. The molecule has 0 saturated heterocycles. The topological polar surface area (TPSA) is 21.6 Å². The SMILES string of the molecule is Cc1ccc(C2=NC[C@@](CC(F)F)(c3ccccc3)O2)cc1. The van der Waals surface area contributed by atoms with Crippen LogP contribution in [0.5, 0.6) is 0 Å². The normalized spacial score (nSPS) is 20.8. The molecule has 0 N–H and O–H groups in total. The smallest absolute Gasteiger partial charge is 0.242 e. The summed E-state index contributed by atoms with van der Waals surface area (Å²) in [6, 6.07) is 16.9. The highest BCUT2D eigenvalue weighted by molar-refractivity contribution is 5.95. The van der Waals surface area contributed by atoms with Crippen LogP contribution in [0.1, 0.15) is 23.1 Å². The molecule has 0 spiro atoms. The maximum atomic E-state index is 13.1. The summed E-state index contributed by atoms with van der Waals surface area (Å²) in [4.78, 5) is 4.38. The summed E-state index contributed by atoms with van der Waals surface area (Å²) < 4.78 is 32.1. The van der Waals surface area contributed by atoms with Crippen LogP contribution in [0.25, 0.3) is 0 Å². The maximum absolute atomic E-state index is 13.1. The van der Waals surface area contributed by atoms with Crippen LogP contribution in [0, 0.1) is 6.92 Å². The van der Waals surface area contributed by atoms with Gasteiger partial charge in [-0.2, -0.15) is 0 Å². The van der Waals surface area contributed by atoms with Gasteiger partial charge in [-0.15, -0.1) is 0 Å². The molecule has 114 valence electrons. The molecule has 0 fully saturated rings. The lowest BCUT2D eigenvalue weighted by Crippen LogP contribution is -2.33. The minimum atomic E-state index is -2.45. The van der Waals surface area contributed by atoms with E-state index < -0.39 is 12.0 Å². The molecule has 22 heavy (non-hydrogen) atoms. The third kappa shape index (κ3) is 2.86. The summed E-state index contributed by atoms with van der Waals surface area (Å²) in [5.74, 6) is 0.435. The van der Waals surface area contributed by atoms with Crippen LogP contribution in [0.15, 0.2) is 59.6 Å². The first-order chi connectivity index (χ1) is 10.6. The van der Waals surface area contributed by atoms with Crippen LogP contribution in [0.3, 0.4) is 0 Å². The molecule has 0 aliphatic carbocycles. The molecular weight excluding hydrogens is 284 g/mol. The number of nitrogens with zero attached hydrogens (tertiary/aromatic N) is 1. The molecule has 0 unspecified atom stereocenters. The van der Waals surface area contributed by atoms with Crippen LogP contribution in [0.2, 0.25) is 0 Å². The molecule has 1 aliphatic heterocycles. The first-order valence-corrected chi connectivity index (χ1v) is 7.23. The van der Waals surface area contributed by atoms with E-state index in [4.69, 9.17) is 4.74 Å². The van der Waals surface area contributed by atoms with Crippen molar-refractivity contribution in [3.05, 3.63) is 71.3 Å². The number of aliphatic imine (C=N–C) groups is 1. The fraction of sp³-hybridized carbons (Fsp3) is 0.278. The molecule has 2 aromatic rings. The minimum absolute atomic E-state index is 0.213. The molecular formula is C18H17F2NO. The van der Waals surface area contributed by atoms with Gasteiger partial charge in [0.2, 0.25) is 12.3 Å². The fourth-order valence-corrected chi connectivity index (χ4v) is 2.66. The Morgan fingerprint density at radius 3 is 2.41 bits per heavy atom. The molecule has 3 rings (SSSR count). The predicted molar refractivity (Wildman–Crippen MR) is 82.4 cm³/mol. The van der Waals surface area contributed by atoms with Crippen LogP contribution in [-0.2, 0) is 10.3 Å². The van der Waals surface area contributed by atoms with Crippen molar-refractivity contribution in [2.45, 2.75) is 25.4 Å². The van der Waals surface area contributed by atoms with Crippen molar-refractivity contribution in [1.29, 1.82) is 0 Å². The average Bonchev–Trinajstić information content (AvgIpc) is 2.93. The van der Waals surface area contributed by atoms with Gasteiger partial charge in [-0.25, -0.2) is 13.8 Å². The zero-order valence-corrected chi connectivity index (χ0v) is 12.3. The van der Waals surface area contributed by atoms with Gasteiger partial charge in [0.05, 0.1) is 13.0 Å². The lowest BCUT2D eigenvalue weighted by Gasteiger charge is -2.28. The zero-order chi connectivity index (χ0) is 15.6. The van der Waals surface area contributed by atoms with Gasteiger partial charge in [0.25, 0.3) is 0 Å². The van der Waals surface area contributed by atoms with Crippen molar-refractivity contribution in [3.8, 4) is 0 Å². The highest BCUT2D eigenvalue weighted by Crippen LogP contribution is 2.37. The number of aryl methyl sites for hydroxylation is 1. The number of hydrogen-bond donors (Lipinski definition) is 0. The van der Waals surface area contributed by atoms with Gasteiger partial charge >= 0.3 is 0 Å². The largest absolute Gasteiger partial charge is 0.464 e. The number of alkyl halides is 2. The summed E-state index contributed by atoms with van der Waals surface area (Å²) >= 11 is 0. The predicted octanol–water partition coefficient (Wildman–Crippen LogP) is 4.32. The summed E-state index contributed by atoms with van der Waals surface area (Å²) in [6.45, 7) is 2.21. The summed E-state index contributed by atoms with van der Waals surface area (Å²) in [5, 5.41) is 0. The fourth-order valence-electron chi connectivity index (χ4n) is 2.66. The number of rotatable bonds is 4. The summed E-state index contributed by atoms with van der Waals surface area (Å²) in [5.41, 5.74) is 1.61. The molecule has 0 aromatic heterocycles. The quantitative estimate of drug-likeness (QED) is 0.824. The van der Waals surface area contributed by atoms with Crippen molar-refractivity contribution in [2.75, 3.05) is 6.54 Å². The van der Waals surface area contributed by atoms with E-state index in [1.165, 1.54) is 0 Å². The molecule has 0 saturated carbocycles. The molecule has 1 aliphatic rings. The van der Waals surface area contributed by atoms with Gasteiger partial charge < -0.3 is 4.74 Å². The third-order valence-electron chi connectivity index (χ3n) is 3.85. The van der Waals surface area contributed by atoms with Gasteiger partial charge in [0.1, 0.15) is 0 Å². The van der Waals surface area contributed by atoms with Crippen LogP contribution in [0.4, 0.5) is 8.78 Å². The number of ether oxygens (including phenoxy) is 1. The van der Waals surface area contributed by atoms with Crippen molar-refractivity contribution in [2.24, 2.45) is 4.99 Å². The average molecular weight is 301 g/mol. The van der Waals surface area contributed by atoms with Crippen molar-refractivity contribution < 1.29 is 13.5 Å². The van der Waals surface area contributed by atoms with Crippen LogP contribution < -0.4 is 0 Å². The highest BCUT2D eigenvalue weighted by atomic mass is 19.3. The van der Waals surface area contributed by atoms with Gasteiger partial charge in [-0.3, -0.25) is 0 Å². The second kappa shape index (κ2) is 5.87. The van der Waals surface area contributed by atoms with E-state index in [0.29, 0.717) is 5.90 Å². The molecule has 0 radical (unpaired) electrons. The first-order valence-electron chi connectivity index (χ1n) is 7.23. The number of hydrogen-bond acceptors (Lipinski definition) is 2. The standard InChI is InChI=1S/C18H17F2NO/c1-13-7-9-14(10-8-13)17-21-12-18(22-17,11-16(19)20)15-5-3-2-4-6-15/h2-10,16H,11-12H2,1H3/t18-/m0/s1. The van der Waals surface area contributed by atoms with Crippen molar-refractivity contribution in [3.63, 3.8) is 0 Å². The molecule has 1 atom stereocenters. The van der Waals surface area contributed by atoms with E-state index in [1.54, 1.807) is 0 Å². The second-order valence-corrected chi connectivity index (χ2v) is 5.54. The Morgan fingerprint density at radius 1 is 1.09 bits per heavy atom. The van der Waals surface area contributed by atoms with Gasteiger partial charge in [-0.1, -0.05) is 48.0 Å². The zero-order valence-electron chi connectivity index (χ0n) is 12.3. The first kappa shape index (κ1) is 14.7. The Labute approximate surface area is 128 Å². The summed E-state index contributed by atoms with van der Waals surface area (Å²) in [7, 11) is 0. The van der Waals surface area contributed by atoms with Crippen molar-refractivity contribution in [1.82, 2.24) is 0 Å². The van der Waals surface area contributed by atoms with Gasteiger partial charge in [0, 0.05) is 5.56 Å². The Bertz CT molecular complexity index is 667. The van der Waals surface area contributed by atoms with E-state index in [-0.39, 0.29) is 13.0 Å². The lowest BCUT2D eigenvalue weighted by atomic mass is 9.90. The van der Waals surface area contributed by atoms with Crippen LogP contribution >= 0.6 is 0 Å². The molecule has 2 aromatic carbocycles. The van der Waals surface area contributed by atoms with Gasteiger partial charge in [0.15, 0.2) is 5.60 Å². The monoisotopic (exact) mass is 301 g/mol. The molecule has 1 heterocycles. The van der Waals surface area contributed by atoms with E-state index in [0.717, 1.165) is 16.7 Å². The molecule has 2 nitrogen and oxygen atoms in total. The van der Waals surface area contributed by atoms with Crippen LogP contribution in [-0.4, -0.2) is 18.9 Å². The number of benzene rings is 2. The third-order valence-corrected chi connectivity index (χ3v) is 3.85. The summed E-state index contributed by atoms with van der Waals surface area (Å²) in [6.07, 6.45) is -2.82. The van der Waals surface area contributed by atoms with E-state index in [9.17, 15) is 8.78 Å². The lowest BCUT2D eigenvalue weighted by molar-refractivity contribution is 0.00574. The molecule has 0 bridgehead atoms. The minimum Gasteiger partial charge on any atom is -0.464 e. The Kier molecular flexibility index (Phi) is 3.92.